The first-order valence-corrected chi connectivity index (χ1v) is 11.1. The van der Waals surface area contributed by atoms with Gasteiger partial charge in [-0.25, -0.2) is 0 Å². The smallest absolute Gasteiger partial charge is 0.222 e. The molecule has 0 spiro atoms. The third-order valence-electron chi connectivity index (χ3n) is 6.40. The Bertz CT molecular complexity index is 619. The predicted molar refractivity (Wildman–Crippen MR) is 109 cm³/mol. The molecule has 0 aliphatic carbocycles. The van der Waals surface area contributed by atoms with Gasteiger partial charge in [0, 0.05) is 32.7 Å². The van der Waals surface area contributed by atoms with Crippen molar-refractivity contribution >= 4 is 5.91 Å². The van der Waals surface area contributed by atoms with Gasteiger partial charge in [-0.05, 0) is 75.2 Å². The summed E-state index contributed by atoms with van der Waals surface area (Å²) in [4.78, 5) is 16.7. The Labute approximate surface area is 169 Å². The molecule has 3 fully saturated rings. The topological polar surface area (TPSA) is 42.0 Å². The average molecular weight is 387 g/mol. The zero-order chi connectivity index (χ0) is 19.2. The third kappa shape index (κ3) is 5.48. The van der Waals surface area contributed by atoms with Gasteiger partial charge in [-0.1, -0.05) is 12.1 Å². The van der Waals surface area contributed by atoms with Crippen LogP contribution in [0.1, 0.15) is 50.5 Å². The zero-order valence-electron chi connectivity index (χ0n) is 17.0. The van der Waals surface area contributed by atoms with Gasteiger partial charge in [0.2, 0.25) is 5.91 Å². The van der Waals surface area contributed by atoms with Crippen LogP contribution in [0.3, 0.4) is 0 Å². The summed E-state index contributed by atoms with van der Waals surface area (Å²) in [5, 5.41) is 0. The van der Waals surface area contributed by atoms with Gasteiger partial charge in [-0.15, -0.1) is 0 Å². The third-order valence-corrected chi connectivity index (χ3v) is 6.40. The zero-order valence-corrected chi connectivity index (χ0v) is 17.0. The molecule has 0 N–H and O–H groups in total. The van der Waals surface area contributed by atoms with Crippen LogP contribution in [0.4, 0.5) is 0 Å². The van der Waals surface area contributed by atoms with Crippen molar-refractivity contribution in [1.82, 2.24) is 9.80 Å². The van der Waals surface area contributed by atoms with Gasteiger partial charge in [0.15, 0.2) is 0 Å². The SMILES string of the molecule is O=C1CCCCN1CC1CCN(Cc2ccc(OCC3CCCO3)cc2)CC1. The second kappa shape index (κ2) is 9.75. The normalized spacial score (nSPS) is 24.6. The quantitative estimate of drug-likeness (QED) is 0.720. The van der Waals surface area contributed by atoms with Crippen LogP contribution in [-0.4, -0.2) is 61.2 Å². The van der Waals surface area contributed by atoms with Gasteiger partial charge < -0.3 is 14.4 Å². The van der Waals surface area contributed by atoms with E-state index in [0.717, 1.165) is 70.8 Å². The summed E-state index contributed by atoms with van der Waals surface area (Å²) in [6.45, 7) is 6.74. The fourth-order valence-electron chi connectivity index (χ4n) is 4.61. The van der Waals surface area contributed by atoms with Crippen molar-refractivity contribution < 1.29 is 14.3 Å². The van der Waals surface area contributed by atoms with Gasteiger partial charge in [-0.3, -0.25) is 9.69 Å². The van der Waals surface area contributed by atoms with E-state index in [1.54, 1.807) is 0 Å². The Balaban J connectivity index is 1.17. The second-order valence-corrected chi connectivity index (χ2v) is 8.61. The minimum atomic E-state index is 0.265. The van der Waals surface area contributed by atoms with Crippen molar-refractivity contribution in [1.29, 1.82) is 0 Å². The summed E-state index contributed by atoms with van der Waals surface area (Å²) < 4.78 is 11.5. The van der Waals surface area contributed by atoms with Crippen LogP contribution in [-0.2, 0) is 16.1 Å². The molecule has 1 aromatic carbocycles. The summed E-state index contributed by atoms with van der Waals surface area (Å²) in [7, 11) is 0. The fraction of sp³-hybridized carbons (Fsp3) is 0.696. The molecule has 3 heterocycles. The number of carbonyl (C=O) groups excluding carboxylic acids is 1. The van der Waals surface area contributed by atoms with E-state index in [2.05, 4.69) is 34.1 Å². The molecule has 28 heavy (non-hydrogen) atoms. The predicted octanol–water partition coefficient (Wildman–Crippen LogP) is 3.47. The lowest BCUT2D eigenvalue weighted by atomic mass is 9.95. The molecule has 1 unspecified atom stereocenters. The summed E-state index contributed by atoms with van der Waals surface area (Å²) in [6.07, 6.45) is 7.94. The molecule has 5 nitrogen and oxygen atoms in total. The van der Waals surface area contributed by atoms with Crippen molar-refractivity contribution in [2.24, 2.45) is 5.92 Å². The van der Waals surface area contributed by atoms with Gasteiger partial charge >= 0.3 is 0 Å². The maximum Gasteiger partial charge on any atom is 0.222 e. The molecule has 0 saturated carbocycles. The molecule has 1 amide bonds. The Kier molecular flexibility index (Phi) is 6.86. The van der Waals surface area contributed by atoms with Gasteiger partial charge in [0.05, 0.1) is 6.10 Å². The Morgan fingerprint density at radius 1 is 1.00 bits per heavy atom. The fourth-order valence-corrected chi connectivity index (χ4v) is 4.61. The number of hydrogen-bond acceptors (Lipinski definition) is 4. The van der Waals surface area contributed by atoms with Gasteiger partial charge in [0.1, 0.15) is 12.4 Å². The summed E-state index contributed by atoms with van der Waals surface area (Å²) >= 11 is 0. The van der Waals surface area contributed by atoms with Crippen LogP contribution in [0.25, 0.3) is 0 Å². The molecule has 3 aliphatic heterocycles. The molecule has 0 radical (unpaired) electrons. The number of benzene rings is 1. The number of likely N-dealkylation sites (tertiary alicyclic amines) is 2. The molecule has 3 saturated heterocycles. The maximum absolute atomic E-state index is 12.0. The second-order valence-electron chi connectivity index (χ2n) is 8.61. The van der Waals surface area contributed by atoms with Crippen molar-refractivity contribution in [3.05, 3.63) is 29.8 Å². The first-order valence-electron chi connectivity index (χ1n) is 11.1. The van der Waals surface area contributed by atoms with E-state index in [9.17, 15) is 4.79 Å². The van der Waals surface area contributed by atoms with E-state index in [1.165, 1.54) is 24.8 Å². The van der Waals surface area contributed by atoms with Crippen LogP contribution in [0, 0.1) is 5.92 Å². The van der Waals surface area contributed by atoms with Crippen molar-refractivity contribution in [2.45, 2.75) is 57.6 Å². The van der Waals surface area contributed by atoms with Crippen molar-refractivity contribution in [3.63, 3.8) is 0 Å². The van der Waals surface area contributed by atoms with Crippen molar-refractivity contribution in [3.8, 4) is 5.75 Å². The molecular weight excluding hydrogens is 352 g/mol. The molecular formula is C23H34N2O3. The highest BCUT2D eigenvalue weighted by Crippen LogP contribution is 2.23. The van der Waals surface area contributed by atoms with Crippen LogP contribution in [0.2, 0.25) is 0 Å². The van der Waals surface area contributed by atoms with E-state index >= 15 is 0 Å². The minimum absolute atomic E-state index is 0.265. The highest BCUT2D eigenvalue weighted by molar-refractivity contribution is 5.76. The number of piperidine rings is 2. The van der Waals surface area contributed by atoms with E-state index in [1.807, 2.05) is 0 Å². The molecule has 3 aliphatic rings. The number of amides is 1. The van der Waals surface area contributed by atoms with E-state index < -0.39 is 0 Å². The highest BCUT2D eigenvalue weighted by Gasteiger charge is 2.25. The summed E-state index contributed by atoms with van der Waals surface area (Å²) in [5.41, 5.74) is 1.34. The lowest BCUT2D eigenvalue weighted by Gasteiger charge is -2.36. The Morgan fingerprint density at radius 2 is 1.82 bits per heavy atom. The van der Waals surface area contributed by atoms with Gasteiger partial charge in [-0.2, -0.15) is 0 Å². The van der Waals surface area contributed by atoms with Crippen LogP contribution < -0.4 is 4.74 Å². The van der Waals surface area contributed by atoms with E-state index in [4.69, 9.17) is 9.47 Å². The Hall–Kier alpha value is -1.59. The monoisotopic (exact) mass is 386 g/mol. The van der Waals surface area contributed by atoms with E-state index in [0.29, 0.717) is 18.4 Å². The highest BCUT2D eigenvalue weighted by atomic mass is 16.5. The van der Waals surface area contributed by atoms with Gasteiger partial charge in [0.25, 0.3) is 0 Å². The largest absolute Gasteiger partial charge is 0.491 e. The first kappa shape index (κ1) is 19.7. The molecule has 5 heteroatoms. The molecule has 0 aromatic heterocycles. The first-order chi connectivity index (χ1) is 13.8. The Morgan fingerprint density at radius 3 is 2.54 bits per heavy atom. The number of hydrogen-bond donors (Lipinski definition) is 0. The number of ether oxygens (including phenoxy) is 2. The van der Waals surface area contributed by atoms with Crippen LogP contribution in [0.5, 0.6) is 5.75 Å². The molecule has 154 valence electrons. The minimum Gasteiger partial charge on any atom is -0.491 e. The van der Waals surface area contributed by atoms with Crippen LogP contribution >= 0.6 is 0 Å². The average Bonchev–Trinajstić information content (AvgIpc) is 3.24. The summed E-state index contributed by atoms with van der Waals surface area (Å²) in [5.74, 6) is 1.98. The number of carbonyl (C=O) groups is 1. The number of rotatable bonds is 7. The standard InChI is InChI=1S/C23H34N2O3/c26-23-5-1-2-12-25(23)17-20-10-13-24(14-11-20)16-19-6-8-21(9-7-19)28-18-22-4-3-15-27-22/h6-9,20,22H,1-5,10-18H2. The lowest BCUT2D eigenvalue weighted by Crippen LogP contribution is -2.42. The maximum atomic E-state index is 12.0. The molecule has 4 rings (SSSR count). The van der Waals surface area contributed by atoms with Crippen molar-refractivity contribution in [2.75, 3.05) is 39.4 Å². The van der Waals surface area contributed by atoms with E-state index in [-0.39, 0.29) is 6.10 Å². The number of nitrogens with zero attached hydrogens (tertiary/aromatic N) is 2. The lowest BCUT2D eigenvalue weighted by molar-refractivity contribution is -0.134. The summed E-state index contributed by atoms with van der Waals surface area (Å²) in [6, 6.07) is 8.53. The van der Waals surface area contributed by atoms with Crippen LogP contribution in [0.15, 0.2) is 24.3 Å². The molecule has 0 bridgehead atoms. The molecule has 1 atom stereocenters. The molecule has 1 aromatic rings.